The zero-order valence-electron chi connectivity index (χ0n) is 8.99. The summed E-state index contributed by atoms with van der Waals surface area (Å²) < 4.78 is 19.8. The van der Waals surface area contributed by atoms with E-state index in [0.29, 0.717) is 26.4 Å². The number of hydrogen-bond acceptors (Lipinski definition) is 6. The van der Waals surface area contributed by atoms with E-state index in [9.17, 15) is 4.57 Å². The van der Waals surface area contributed by atoms with Crippen LogP contribution in [0.1, 0.15) is 0 Å². The van der Waals surface area contributed by atoms with Crippen molar-refractivity contribution in [3.05, 3.63) is 0 Å². The van der Waals surface area contributed by atoms with E-state index < -0.39 is 13.9 Å². The highest BCUT2D eigenvalue weighted by Gasteiger charge is 2.05. The fraction of sp³-hybridized carbons (Fsp3) is 1.00. The van der Waals surface area contributed by atoms with Crippen LogP contribution in [0.3, 0.4) is 0 Å². The summed E-state index contributed by atoms with van der Waals surface area (Å²) in [5.41, 5.74) is 4.54. The number of ether oxygens (including phenoxy) is 2. The lowest BCUT2D eigenvalue weighted by Gasteiger charge is -2.01. The molecule has 0 atom stereocenters. The molecular formula is C7H20NO5PS2. The molecule has 0 aliphatic rings. The minimum atomic E-state index is -3.87. The van der Waals surface area contributed by atoms with E-state index in [0.717, 1.165) is 11.5 Å². The molecule has 0 fully saturated rings. The van der Waals surface area contributed by atoms with Gasteiger partial charge in [0.15, 0.2) is 0 Å². The zero-order valence-corrected chi connectivity index (χ0v) is 11.7. The van der Waals surface area contributed by atoms with E-state index in [-0.39, 0.29) is 0 Å². The maximum atomic E-state index is 9.57. The van der Waals surface area contributed by atoms with Crippen molar-refractivity contribution in [3.8, 4) is 0 Å². The first-order chi connectivity index (χ1) is 7.47. The Morgan fingerprint density at radius 2 is 1.31 bits per heavy atom. The van der Waals surface area contributed by atoms with Gasteiger partial charge < -0.3 is 25.0 Å². The van der Waals surface area contributed by atoms with Crippen molar-refractivity contribution in [2.45, 2.75) is 0 Å². The van der Waals surface area contributed by atoms with E-state index in [4.69, 9.17) is 19.3 Å². The van der Waals surface area contributed by atoms with E-state index in [1.54, 1.807) is 0 Å². The molecule has 0 aromatic rings. The van der Waals surface area contributed by atoms with Crippen LogP contribution >= 0.6 is 32.9 Å². The lowest BCUT2D eigenvalue weighted by Crippen LogP contribution is -2.07. The number of thiol groups is 2. The molecular weight excluding hydrogens is 273 g/mol. The lowest BCUT2D eigenvalue weighted by molar-refractivity contribution is 0.0606. The second-order valence-electron chi connectivity index (χ2n) is 2.52. The Labute approximate surface area is 107 Å². The topological polar surface area (TPSA) is 102 Å². The molecule has 0 amide bonds. The summed E-state index contributed by atoms with van der Waals surface area (Å²) in [6, 6.07) is 0. The van der Waals surface area contributed by atoms with Gasteiger partial charge in [-0.25, -0.2) is 0 Å². The maximum absolute atomic E-state index is 9.57. The van der Waals surface area contributed by atoms with Crippen molar-refractivity contribution in [1.82, 2.24) is 0 Å². The molecule has 0 unspecified atom stereocenters. The zero-order chi connectivity index (χ0) is 12.9. The Hall–Kier alpha value is 0.730. The van der Waals surface area contributed by atoms with Gasteiger partial charge in [0.1, 0.15) is 0 Å². The Morgan fingerprint density at radius 1 is 1.00 bits per heavy atom. The van der Waals surface area contributed by atoms with Gasteiger partial charge in [-0.15, -0.1) is 0 Å². The van der Waals surface area contributed by atoms with Crippen LogP contribution in [0, 0.1) is 0 Å². The lowest BCUT2D eigenvalue weighted by atomic mass is 10.7. The molecule has 0 aromatic heterocycles. The summed E-state index contributed by atoms with van der Waals surface area (Å²) in [6.45, 7) is 2.73. The molecule has 0 heterocycles. The van der Waals surface area contributed by atoms with Gasteiger partial charge in [0.25, 0.3) is 0 Å². The molecule has 16 heavy (non-hydrogen) atoms. The molecule has 0 bridgehead atoms. The summed E-state index contributed by atoms with van der Waals surface area (Å²) in [7, 11) is -3.87. The van der Waals surface area contributed by atoms with Crippen molar-refractivity contribution in [2.24, 2.45) is 5.73 Å². The maximum Gasteiger partial charge on any atom is 0.338 e. The summed E-state index contributed by atoms with van der Waals surface area (Å²) in [5, 5.41) is 0. The van der Waals surface area contributed by atoms with Crippen LogP contribution in [0.25, 0.3) is 0 Å². The molecule has 0 saturated heterocycles. The third-order valence-electron chi connectivity index (χ3n) is 1.08. The van der Waals surface area contributed by atoms with Crippen molar-refractivity contribution < 1.29 is 23.8 Å². The molecule has 100 valence electrons. The summed E-state index contributed by atoms with van der Waals surface area (Å²) in [5.74, 6) is 1.54. The average Bonchev–Trinajstić information content (AvgIpc) is 2.23. The predicted molar refractivity (Wildman–Crippen MR) is 70.4 cm³/mol. The van der Waals surface area contributed by atoms with E-state index in [2.05, 4.69) is 31.0 Å². The minimum Gasteiger partial charge on any atom is -0.378 e. The Morgan fingerprint density at radius 3 is 1.50 bits per heavy atom. The quantitative estimate of drug-likeness (QED) is 0.244. The third-order valence-corrected chi connectivity index (χ3v) is 1.92. The molecule has 0 aromatic carbocycles. The number of nitrogens with two attached hydrogens (primary N) is 1. The normalized spacial score (nSPS) is 10.8. The second-order valence-corrected chi connectivity index (χ2v) is 5.11. The average molecular weight is 293 g/mol. The number of hydrogen-bond donors (Lipinski definition) is 5. The monoisotopic (exact) mass is 293 g/mol. The van der Waals surface area contributed by atoms with Crippen LogP contribution in [-0.2, 0) is 14.0 Å². The van der Waals surface area contributed by atoms with Gasteiger partial charge in [0.2, 0.25) is 0 Å². The van der Waals surface area contributed by atoms with Crippen LogP contribution in [-0.4, -0.2) is 54.0 Å². The van der Waals surface area contributed by atoms with Gasteiger partial charge in [-0.1, -0.05) is 0 Å². The van der Waals surface area contributed by atoms with Crippen molar-refractivity contribution in [1.29, 1.82) is 0 Å². The van der Waals surface area contributed by atoms with E-state index >= 15 is 0 Å². The molecule has 6 nitrogen and oxygen atoms in total. The smallest absolute Gasteiger partial charge is 0.338 e. The fourth-order valence-electron chi connectivity index (χ4n) is 0.451. The highest BCUT2D eigenvalue weighted by atomic mass is 32.1. The minimum absolute atomic E-state index is 0.562. The summed E-state index contributed by atoms with van der Waals surface area (Å²) in [4.78, 5) is 15.6. The van der Waals surface area contributed by atoms with Gasteiger partial charge in [0, 0.05) is 11.5 Å². The standard InChI is InChI=1S/C6H14O2S2.CH6NO3P/c9-5-3-7-1-2-8-4-6-10;2-1-6(3,4)5/h9-10H,1-6H2;1-2H2,(H2,3,4,5). The SMILES string of the molecule is NCP(=O)(O)O.SCCOCCOCCS. The van der Waals surface area contributed by atoms with Crippen molar-refractivity contribution in [2.75, 3.05) is 44.2 Å². The number of rotatable bonds is 8. The first kappa shape index (κ1) is 19.1. The highest BCUT2D eigenvalue weighted by Crippen LogP contribution is 2.30. The fourth-order valence-corrected chi connectivity index (χ4v) is 0.709. The molecule has 0 saturated carbocycles. The molecule has 0 aliphatic carbocycles. The van der Waals surface area contributed by atoms with Gasteiger partial charge in [0.05, 0.1) is 32.7 Å². The predicted octanol–water partition coefficient (Wildman–Crippen LogP) is -0.0405. The summed E-state index contributed by atoms with van der Waals surface area (Å²) >= 11 is 7.97. The van der Waals surface area contributed by atoms with Crippen molar-refractivity contribution in [3.63, 3.8) is 0 Å². The Kier molecular flexibility index (Phi) is 16.4. The largest absolute Gasteiger partial charge is 0.378 e. The highest BCUT2D eigenvalue weighted by molar-refractivity contribution is 7.80. The molecule has 4 N–H and O–H groups in total. The molecule has 0 radical (unpaired) electrons. The Bertz CT molecular complexity index is 172. The van der Waals surface area contributed by atoms with Crippen LogP contribution in [0.4, 0.5) is 0 Å². The first-order valence-corrected chi connectivity index (χ1v) is 7.66. The van der Waals surface area contributed by atoms with Crippen LogP contribution < -0.4 is 5.73 Å². The van der Waals surface area contributed by atoms with Crippen LogP contribution in [0.15, 0.2) is 0 Å². The molecule has 0 spiro atoms. The molecule has 0 aliphatic heterocycles. The van der Waals surface area contributed by atoms with Gasteiger partial charge >= 0.3 is 7.60 Å². The van der Waals surface area contributed by atoms with Gasteiger partial charge in [-0.05, 0) is 0 Å². The first-order valence-electron chi connectivity index (χ1n) is 4.59. The molecule has 9 heteroatoms. The van der Waals surface area contributed by atoms with Crippen LogP contribution in [0.5, 0.6) is 0 Å². The van der Waals surface area contributed by atoms with E-state index in [1.807, 2.05) is 0 Å². The third kappa shape index (κ3) is 24.1. The van der Waals surface area contributed by atoms with Gasteiger partial charge in [-0.2, -0.15) is 25.3 Å². The van der Waals surface area contributed by atoms with E-state index in [1.165, 1.54) is 0 Å². The van der Waals surface area contributed by atoms with Crippen LogP contribution in [0.2, 0.25) is 0 Å². The van der Waals surface area contributed by atoms with Gasteiger partial charge in [-0.3, -0.25) is 4.57 Å². The summed E-state index contributed by atoms with van der Waals surface area (Å²) in [6.07, 6.45) is -0.562. The Balaban J connectivity index is 0. The second kappa shape index (κ2) is 13.8. The van der Waals surface area contributed by atoms with Crippen molar-refractivity contribution >= 4 is 32.9 Å². The molecule has 0 rings (SSSR count).